The van der Waals surface area contributed by atoms with Crippen LogP contribution < -0.4 is 10.1 Å². The van der Waals surface area contributed by atoms with E-state index in [9.17, 15) is 32.3 Å². The lowest BCUT2D eigenvalue weighted by Crippen LogP contribution is -2.51. The third-order valence-electron chi connectivity index (χ3n) is 6.38. The summed E-state index contributed by atoms with van der Waals surface area (Å²) in [6.07, 6.45) is 0.0623. The molecule has 2 aliphatic heterocycles. The smallest absolute Gasteiger partial charge is 0.415 e. The van der Waals surface area contributed by atoms with Gasteiger partial charge in [-0.05, 0) is 54.8 Å². The third-order valence-corrected chi connectivity index (χ3v) is 8.30. The molecule has 2 aliphatic rings. The topological polar surface area (TPSA) is 143 Å². The molecule has 0 aliphatic carbocycles. The maximum absolute atomic E-state index is 13.3. The Kier molecular flexibility index (Phi) is 8.59. The maximum atomic E-state index is 13.3. The number of carboxylic acid groups (broad SMARTS) is 1. The summed E-state index contributed by atoms with van der Waals surface area (Å²) >= 11 is 0. The number of rotatable bonds is 8. The van der Waals surface area contributed by atoms with E-state index in [4.69, 9.17) is 9.47 Å². The zero-order chi connectivity index (χ0) is 27.3. The van der Waals surface area contributed by atoms with E-state index in [2.05, 4.69) is 5.32 Å². The number of ether oxygens (including phenoxy) is 2. The van der Waals surface area contributed by atoms with Gasteiger partial charge in [-0.15, -0.1) is 0 Å². The monoisotopic (exact) mass is 549 g/mol. The predicted octanol–water partition coefficient (Wildman–Crippen LogP) is 1.62. The average Bonchev–Trinajstić information content (AvgIpc) is 3.41. The number of carbonyl (C=O) groups excluding carboxylic acids is 2. The van der Waals surface area contributed by atoms with Gasteiger partial charge in [0.05, 0.1) is 18.1 Å². The van der Waals surface area contributed by atoms with Crippen molar-refractivity contribution in [2.45, 2.75) is 36.2 Å². The highest BCUT2D eigenvalue weighted by Crippen LogP contribution is 2.26. The molecule has 0 spiro atoms. The number of carbonyl (C=O) groups is 3. The molecule has 13 heteroatoms. The number of halogens is 1. The van der Waals surface area contributed by atoms with Gasteiger partial charge < -0.3 is 24.8 Å². The van der Waals surface area contributed by atoms with Crippen molar-refractivity contribution in [2.24, 2.45) is 0 Å². The highest BCUT2D eigenvalue weighted by Gasteiger charge is 2.40. The van der Waals surface area contributed by atoms with E-state index in [1.165, 1.54) is 17.0 Å². The van der Waals surface area contributed by atoms with Crippen molar-refractivity contribution in [3.63, 3.8) is 0 Å². The van der Waals surface area contributed by atoms with Crippen molar-refractivity contribution in [2.75, 3.05) is 32.8 Å². The predicted molar refractivity (Wildman–Crippen MR) is 131 cm³/mol. The molecule has 0 bridgehead atoms. The number of benzene rings is 2. The lowest BCUT2D eigenvalue weighted by atomic mass is 10.1. The summed E-state index contributed by atoms with van der Waals surface area (Å²) < 4.78 is 50.9. The van der Waals surface area contributed by atoms with Crippen molar-refractivity contribution in [3.8, 4) is 5.75 Å². The second kappa shape index (κ2) is 11.9. The van der Waals surface area contributed by atoms with Crippen LogP contribution in [0.4, 0.5) is 9.18 Å². The first kappa shape index (κ1) is 27.5. The van der Waals surface area contributed by atoms with Crippen molar-refractivity contribution in [1.29, 1.82) is 0 Å². The van der Waals surface area contributed by atoms with Gasteiger partial charge in [-0.1, -0.05) is 12.1 Å². The summed E-state index contributed by atoms with van der Waals surface area (Å²) in [5, 5.41) is 12.2. The Hall–Kier alpha value is -3.55. The number of amides is 2. The molecular formula is C25H28FN3O8S. The molecule has 38 heavy (non-hydrogen) atoms. The van der Waals surface area contributed by atoms with Crippen LogP contribution >= 0.6 is 0 Å². The molecule has 11 nitrogen and oxygen atoms in total. The first-order valence-electron chi connectivity index (χ1n) is 12.1. The fourth-order valence-corrected chi connectivity index (χ4v) is 6.00. The molecule has 204 valence electrons. The molecule has 2 saturated heterocycles. The Labute approximate surface area is 219 Å². The first-order valence-corrected chi connectivity index (χ1v) is 13.5. The molecule has 2 aromatic rings. The van der Waals surface area contributed by atoms with E-state index in [1.807, 2.05) is 0 Å². The standard InChI is InChI=1S/C25H28FN3O8S/c26-18-5-9-20(10-6-18)38(34,35)29-11-1-2-22(29)23(30)27-21(24(31)32)16-17-3-7-19(8-4-17)37-25(33)28-12-14-36-15-13-28/h3-10,21-22H,1-2,11-16H2,(H,27,30)(H,31,32)/t21-,22-/m0/s1. The molecule has 0 saturated carbocycles. The molecule has 2 aromatic carbocycles. The lowest BCUT2D eigenvalue weighted by molar-refractivity contribution is -0.142. The summed E-state index contributed by atoms with van der Waals surface area (Å²) in [6.45, 7) is 1.82. The number of aliphatic carboxylic acids is 1. The number of morpholine rings is 1. The minimum absolute atomic E-state index is 0.0732. The Morgan fingerprint density at radius 2 is 1.71 bits per heavy atom. The molecular weight excluding hydrogens is 521 g/mol. The summed E-state index contributed by atoms with van der Waals surface area (Å²) in [7, 11) is -4.08. The van der Waals surface area contributed by atoms with Crippen molar-refractivity contribution < 1.29 is 41.8 Å². The van der Waals surface area contributed by atoms with E-state index in [0.717, 1.165) is 28.6 Å². The van der Waals surface area contributed by atoms with Crippen LogP contribution in [0.3, 0.4) is 0 Å². The Morgan fingerprint density at radius 1 is 1.05 bits per heavy atom. The highest BCUT2D eigenvalue weighted by molar-refractivity contribution is 7.89. The van der Waals surface area contributed by atoms with Crippen molar-refractivity contribution in [3.05, 3.63) is 59.9 Å². The fraction of sp³-hybridized carbons (Fsp3) is 0.400. The number of nitrogens with zero attached hydrogens (tertiary/aromatic N) is 2. The molecule has 2 heterocycles. The second-order valence-corrected chi connectivity index (χ2v) is 10.8. The zero-order valence-electron chi connectivity index (χ0n) is 20.4. The van der Waals surface area contributed by atoms with E-state index < -0.39 is 45.9 Å². The van der Waals surface area contributed by atoms with Gasteiger partial charge in [0, 0.05) is 26.1 Å². The fourth-order valence-electron chi connectivity index (χ4n) is 4.34. The van der Waals surface area contributed by atoms with Gasteiger partial charge in [0.2, 0.25) is 15.9 Å². The second-order valence-electron chi connectivity index (χ2n) is 8.94. The van der Waals surface area contributed by atoms with Crippen LogP contribution in [0.15, 0.2) is 53.4 Å². The summed E-state index contributed by atoms with van der Waals surface area (Å²) in [5.41, 5.74) is 0.561. The average molecular weight is 550 g/mol. The van der Waals surface area contributed by atoms with Crippen molar-refractivity contribution >= 4 is 28.0 Å². The lowest BCUT2D eigenvalue weighted by Gasteiger charge is -2.26. The molecule has 0 unspecified atom stereocenters. The molecule has 2 N–H and O–H groups in total. The largest absolute Gasteiger partial charge is 0.480 e. The Bertz CT molecular complexity index is 1260. The summed E-state index contributed by atoms with van der Waals surface area (Å²) in [4.78, 5) is 38.5. The highest BCUT2D eigenvalue weighted by atomic mass is 32.2. The summed E-state index contributed by atoms with van der Waals surface area (Å²) in [5.74, 6) is -2.32. The van der Waals surface area contributed by atoms with Gasteiger partial charge in [-0.3, -0.25) is 4.79 Å². The van der Waals surface area contributed by atoms with Crippen molar-refractivity contribution in [1.82, 2.24) is 14.5 Å². The van der Waals surface area contributed by atoms with Crippen LogP contribution in [0.2, 0.25) is 0 Å². The summed E-state index contributed by atoms with van der Waals surface area (Å²) in [6, 6.07) is 8.12. The van der Waals surface area contributed by atoms with E-state index in [-0.39, 0.29) is 30.0 Å². The van der Waals surface area contributed by atoms with Gasteiger partial charge in [-0.25, -0.2) is 22.4 Å². The van der Waals surface area contributed by atoms with Crippen LogP contribution in [0, 0.1) is 5.82 Å². The molecule has 2 atom stereocenters. The van der Waals surface area contributed by atoms with Crippen LogP contribution in [0.5, 0.6) is 5.75 Å². The van der Waals surface area contributed by atoms with Crippen LogP contribution in [-0.4, -0.2) is 85.6 Å². The number of nitrogens with one attached hydrogen (secondary N) is 1. The number of sulfonamides is 1. The van der Waals surface area contributed by atoms with Crippen LogP contribution in [0.1, 0.15) is 18.4 Å². The maximum Gasteiger partial charge on any atom is 0.415 e. The van der Waals surface area contributed by atoms with Gasteiger partial charge in [0.1, 0.15) is 23.7 Å². The van der Waals surface area contributed by atoms with E-state index >= 15 is 0 Å². The van der Waals surface area contributed by atoms with Gasteiger partial charge in [-0.2, -0.15) is 4.31 Å². The van der Waals surface area contributed by atoms with E-state index in [0.29, 0.717) is 38.3 Å². The molecule has 0 aromatic heterocycles. The van der Waals surface area contributed by atoms with Gasteiger partial charge >= 0.3 is 12.1 Å². The third kappa shape index (κ3) is 6.47. The van der Waals surface area contributed by atoms with Crippen LogP contribution in [-0.2, 0) is 30.8 Å². The Balaban J connectivity index is 1.39. The van der Waals surface area contributed by atoms with Crippen LogP contribution in [0.25, 0.3) is 0 Å². The van der Waals surface area contributed by atoms with Gasteiger partial charge in [0.15, 0.2) is 0 Å². The molecule has 2 amide bonds. The number of hydrogen-bond donors (Lipinski definition) is 2. The Morgan fingerprint density at radius 3 is 2.34 bits per heavy atom. The first-order chi connectivity index (χ1) is 18.1. The van der Waals surface area contributed by atoms with Gasteiger partial charge in [0.25, 0.3) is 0 Å². The normalized spacial score (nSPS) is 19.1. The molecule has 0 radical (unpaired) electrons. The number of carboxylic acids is 1. The minimum atomic E-state index is -4.08. The number of hydrogen-bond acceptors (Lipinski definition) is 7. The SMILES string of the molecule is O=C(O)[C@H](Cc1ccc(OC(=O)N2CCOCC2)cc1)NC(=O)[C@@H]1CCCN1S(=O)(=O)c1ccc(F)cc1. The molecule has 4 rings (SSSR count). The molecule has 2 fully saturated rings. The zero-order valence-corrected chi connectivity index (χ0v) is 21.2. The van der Waals surface area contributed by atoms with E-state index in [1.54, 1.807) is 12.1 Å². The minimum Gasteiger partial charge on any atom is -0.480 e. The quantitative estimate of drug-likeness (QED) is 0.506.